The van der Waals surface area contributed by atoms with Crippen molar-refractivity contribution in [3.05, 3.63) is 28.2 Å². The first-order valence-electron chi connectivity index (χ1n) is 6.91. The largest absolute Gasteiger partial charge is 0.398 e. The van der Waals surface area contributed by atoms with Gasteiger partial charge in [-0.15, -0.1) is 0 Å². The van der Waals surface area contributed by atoms with E-state index in [4.69, 9.17) is 5.73 Å². The molecule has 2 unspecified atom stereocenters. The molecule has 2 atom stereocenters. The lowest BCUT2D eigenvalue weighted by Crippen LogP contribution is -2.33. The number of halogens is 1. The number of nitrogens with two attached hydrogens (primary N) is 1. The fourth-order valence-corrected chi connectivity index (χ4v) is 2.95. The third-order valence-corrected chi connectivity index (χ3v) is 4.79. The van der Waals surface area contributed by atoms with Gasteiger partial charge < -0.3 is 11.1 Å². The van der Waals surface area contributed by atoms with Gasteiger partial charge in [0.15, 0.2) is 0 Å². The predicted molar refractivity (Wildman–Crippen MR) is 82.0 cm³/mol. The third kappa shape index (κ3) is 3.72. The van der Waals surface area contributed by atoms with Crippen LogP contribution in [0.5, 0.6) is 0 Å². The van der Waals surface area contributed by atoms with Gasteiger partial charge in [-0.3, -0.25) is 4.79 Å². The number of hydrogen-bond acceptors (Lipinski definition) is 2. The van der Waals surface area contributed by atoms with Gasteiger partial charge in [0.2, 0.25) is 0 Å². The van der Waals surface area contributed by atoms with E-state index in [-0.39, 0.29) is 5.91 Å². The molecular formula is C15H21BrN2O. The van der Waals surface area contributed by atoms with Gasteiger partial charge in [0.25, 0.3) is 5.91 Å². The maximum atomic E-state index is 12.1. The Balaban J connectivity index is 1.91. The summed E-state index contributed by atoms with van der Waals surface area (Å²) < 4.78 is 0.824. The topological polar surface area (TPSA) is 55.1 Å². The van der Waals surface area contributed by atoms with E-state index in [9.17, 15) is 4.79 Å². The normalized spacial score (nSPS) is 23.1. The van der Waals surface area contributed by atoms with Gasteiger partial charge >= 0.3 is 0 Å². The van der Waals surface area contributed by atoms with Crippen molar-refractivity contribution in [3.63, 3.8) is 0 Å². The zero-order valence-electron chi connectivity index (χ0n) is 11.3. The summed E-state index contributed by atoms with van der Waals surface area (Å²) in [5.41, 5.74) is 7.02. The summed E-state index contributed by atoms with van der Waals surface area (Å²) in [6.07, 6.45) is 5.13. The molecule has 1 aliphatic rings. The first-order chi connectivity index (χ1) is 9.08. The second-order valence-electron chi connectivity index (χ2n) is 5.47. The highest BCUT2D eigenvalue weighted by molar-refractivity contribution is 9.10. The van der Waals surface area contributed by atoms with Crippen LogP contribution in [-0.2, 0) is 0 Å². The Bertz CT molecular complexity index is 461. The lowest BCUT2D eigenvalue weighted by Gasteiger charge is -2.28. The van der Waals surface area contributed by atoms with Crippen LogP contribution in [0.3, 0.4) is 0 Å². The van der Waals surface area contributed by atoms with E-state index in [0.717, 1.165) is 11.0 Å². The van der Waals surface area contributed by atoms with Crippen LogP contribution in [0.2, 0.25) is 0 Å². The maximum Gasteiger partial charge on any atom is 0.251 e. The van der Waals surface area contributed by atoms with Crippen LogP contribution >= 0.6 is 15.9 Å². The molecule has 19 heavy (non-hydrogen) atoms. The predicted octanol–water partition coefficient (Wildman–Crippen LogP) is 3.59. The van der Waals surface area contributed by atoms with Crippen molar-refractivity contribution in [2.24, 2.45) is 11.8 Å². The van der Waals surface area contributed by atoms with Crippen LogP contribution in [0, 0.1) is 11.8 Å². The minimum Gasteiger partial charge on any atom is -0.398 e. The summed E-state index contributed by atoms with van der Waals surface area (Å²) in [4.78, 5) is 12.1. The highest BCUT2D eigenvalue weighted by Gasteiger charge is 2.21. The SMILES string of the molecule is CC1CCCCC1CNC(=O)c1ccc(Br)c(N)c1. The number of nitrogen functional groups attached to an aromatic ring is 1. The summed E-state index contributed by atoms with van der Waals surface area (Å²) in [7, 11) is 0. The van der Waals surface area contributed by atoms with E-state index in [2.05, 4.69) is 28.2 Å². The molecule has 0 aliphatic heterocycles. The first kappa shape index (κ1) is 14.4. The second-order valence-corrected chi connectivity index (χ2v) is 6.32. The molecular weight excluding hydrogens is 304 g/mol. The van der Waals surface area contributed by atoms with Crippen LogP contribution in [0.1, 0.15) is 43.0 Å². The van der Waals surface area contributed by atoms with Gasteiger partial charge in [0.1, 0.15) is 0 Å². The minimum absolute atomic E-state index is 0.0306. The van der Waals surface area contributed by atoms with Crippen molar-refractivity contribution < 1.29 is 4.79 Å². The Morgan fingerprint density at radius 1 is 1.42 bits per heavy atom. The molecule has 1 aromatic carbocycles. The van der Waals surface area contributed by atoms with E-state index in [1.165, 1.54) is 25.7 Å². The first-order valence-corrected chi connectivity index (χ1v) is 7.70. The molecule has 1 fully saturated rings. The molecule has 1 saturated carbocycles. The van der Waals surface area contributed by atoms with Gasteiger partial charge in [-0.1, -0.05) is 26.2 Å². The lowest BCUT2D eigenvalue weighted by molar-refractivity contribution is 0.0936. The van der Waals surface area contributed by atoms with Crippen molar-refractivity contribution in [3.8, 4) is 0 Å². The summed E-state index contributed by atoms with van der Waals surface area (Å²) in [6, 6.07) is 5.32. The average Bonchev–Trinajstić information content (AvgIpc) is 2.40. The molecule has 3 N–H and O–H groups in total. The van der Waals surface area contributed by atoms with Crippen molar-refractivity contribution in [2.75, 3.05) is 12.3 Å². The van der Waals surface area contributed by atoms with Crippen molar-refractivity contribution in [1.29, 1.82) is 0 Å². The molecule has 0 bridgehead atoms. The monoisotopic (exact) mass is 324 g/mol. The van der Waals surface area contributed by atoms with Crippen LogP contribution in [0.25, 0.3) is 0 Å². The highest BCUT2D eigenvalue weighted by Crippen LogP contribution is 2.29. The Labute approximate surface area is 123 Å². The van der Waals surface area contributed by atoms with E-state index in [1.807, 2.05) is 6.07 Å². The number of carbonyl (C=O) groups is 1. The maximum absolute atomic E-state index is 12.1. The number of amides is 1. The number of benzene rings is 1. The molecule has 0 heterocycles. The number of carbonyl (C=O) groups excluding carboxylic acids is 1. The van der Waals surface area contributed by atoms with Gasteiger partial charge in [0, 0.05) is 22.3 Å². The number of rotatable bonds is 3. The highest BCUT2D eigenvalue weighted by atomic mass is 79.9. The number of hydrogen-bond donors (Lipinski definition) is 2. The number of nitrogens with one attached hydrogen (secondary N) is 1. The van der Waals surface area contributed by atoms with Gasteiger partial charge in [-0.25, -0.2) is 0 Å². The van der Waals surface area contributed by atoms with Crippen molar-refractivity contribution in [1.82, 2.24) is 5.32 Å². The summed E-state index contributed by atoms with van der Waals surface area (Å²) in [5.74, 6) is 1.30. The fraction of sp³-hybridized carbons (Fsp3) is 0.533. The van der Waals surface area contributed by atoms with E-state index < -0.39 is 0 Å². The fourth-order valence-electron chi connectivity index (χ4n) is 2.71. The minimum atomic E-state index is -0.0306. The quantitative estimate of drug-likeness (QED) is 0.835. The van der Waals surface area contributed by atoms with Crippen molar-refractivity contribution >= 4 is 27.5 Å². The molecule has 2 rings (SSSR count). The molecule has 1 aromatic rings. The molecule has 1 amide bonds. The second kappa shape index (κ2) is 6.42. The summed E-state index contributed by atoms with van der Waals surface area (Å²) in [6.45, 7) is 3.06. The molecule has 0 aromatic heterocycles. The van der Waals surface area contributed by atoms with Gasteiger partial charge in [-0.2, -0.15) is 0 Å². The van der Waals surface area contributed by atoms with E-state index in [1.54, 1.807) is 12.1 Å². The lowest BCUT2D eigenvalue weighted by atomic mass is 9.80. The van der Waals surface area contributed by atoms with Crippen LogP contribution in [0.15, 0.2) is 22.7 Å². The Morgan fingerprint density at radius 3 is 2.84 bits per heavy atom. The average molecular weight is 325 g/mol. The van der Waals surface area contributed by atoms with Crippen LogP contribution < -0.4 is 11.1 Å². The molecule has 3 nitrogen and oxygen atoms in total. The number of anilines is 1. The zero-order valence-corrected chi connectivity index (χ0v) is 12.9. The van der Waals surface area contributed by atoms with Gasteiger partial charge in [-0.05, 0) is 52.4 Å². The Morgan fingerprint density at radius 2 is 2.16 bits per heavy atom. The standard InChI is InChI=1S/C15H21BrN2O/c1-10-4-2-3-5-12(10)9-18-15(19)11-6-7-13(16)14(17)8-11/h6-8,10,12H,2-5,9,17H2,1H3,(H,18,19). The van der Waals surface area contributed by atoms with Crippen LogP contribution in [-0.4, -0.2) is 12.5 Å². The van der Waals surface area contributed by atoms with Crippen molar-refractivity contribution in [2.45, 2.75) is 32.6 Å². The molecule has 0 radical (unpaired) electrons. The molecule has 0 spiro atoms. The summed E-state index contributed by atoms with van der Waals surface area (Å²) >= 11 is 3.33. The Hall–Kier alpha value is -1.03. The Kier molecular flexibility index (Phi) is 4.86. The molecule has 4 heteroatoms. The molecule has 1 aliphatic carbocycles. The van der Waals surface area contributed by atoms with E-state index in [0.29, 0.717) is 23.1 Å². The van der Waals surface area contributed by atoms with Gasteiger partial charge in [0.05, 0.1) is 0 Å². The summed E-state index contributed by atoms with van der Waals surface area (Å²) in [5, 5.41) is 3.04. The molecule has 104 valence electrons. The third-order valence-electron chi connectivity index (χ3n) is 4.07. The zero-order chi connectivity index (χ0) is 13.8. The smallest absolute Gasteiger partial charge is 0.251 e. The van der Waals surface area contributed by atoms with E-state index >= 15 is 0 Å². The molecule has 0 saturated heterocycles. The van der Waals surface area contributed by atoms with Crippen LogP contribution in [0.4, 0.5) is 5.69 Å².